The fourth-order valence-corrected chi connectivity index (χ4v) is 7.71. The molecule has 1 aliphatic heterocycles. The van der Waals surface area contributed by atoms with Crippen molar-refractivity contribution in [3.63, 3.8) is 0 Å². The molecule has 0 amide bonds. The molecule has 3 rings (SSSR count). The van der Waals surface area contributed by atoms with Gasteiger partial charge in [-0.25, -0.2) is 4.70 Å². The zero-order chi connectivity index (χ0) is 42.1. The molecule has 0 saturated carbocycles. The molecule has 0 aromatic heterocycles. The number of nitrogens with zero attached hydrogens (tertiary/aromatic N) is 2. The molecule has 0 radical (unpaired) electrons. The van der Waals surface area contributed by atoms with Gasteiger partial charge < -0.3 is 19.4 Å². The van der Waals surface area contributed by atoms with Gasteiger partial charge in [0.2, 0.25) is 11.4 Å². The normalized spacial score (nSPS) is 12.3. The average Bonchev–Trinajstić information content (AvgIpc) is 3.51. The Bertz CT molecular complexity index is 1390. The van der Waals surface area contributed by atoms with Crippen LogP contribution in [0, 0.1) is 13.8 Å². The molecule has 0 aliphatic carbocycles. The first kappa shape index (κ1) is 56.2. The molecule has 0 bridgehead atoms. The van der Waals surface area contributed by atoms with Crippen LogP contribution in [0.25, 0.3) is 16.9 Å². The van der Waals surface area contributed by atoms with Gasteiger partial charge in [0.25, 0.3) is 0 Å². The summed E-state index contributed by atoms with van der Waals surface area (Å²) in [6, 6.07) is 14.7. The van der Waals surface area contributed by atoms with E-state index in [4.69, 9.17) is 0 Å². The van der Waals surface area contributed by atoms with Gasteiger partial charge in [-0.2, -0.15) is 12.8 Å². The third kappa shape index (κ3) is 22.1. The van der Waals surface area contributed by atoms with Crippen molar-refractivity contribution in [1.29, 1.82) is 0 Å². The van der Waals surface area contributed by atoms with Crippen LogP contribution in [0.2, 0.25) is 0 Å². The van der Waals surface area contributed by atoms with Crippen LogP contribution in [-0.2, 0) is 46.1 Å². The summed E-state index contributed by atoms with van der Waals surface area (Å²) < 4.78 is 1.68. The number of rotatable bonds is 29. The monoisotopic (exact) mass is 887 g/mol. The van der Waals surface area contributed by atoms with Crippen LogP contribution in [0.4, 0.5) is 0 Å². The van der Waals surface area contributed by atoms with Crippen LogP contribution in [0.3, 0.4) is 0 Å². The maximum absolute atomic E-state index is 12.6. The first-order chi connectivity index (χ1) is 27.8. The van der Waals surface area contributed by atoms with E-state index >= 15 is 0 Å². The van der Waals surface area contributed by atoms with E-state index in [-0.39, 0.29) is 20.4 Å². The Morgan fingerprint density at radius 1 is 0.362 bits per heavy atom. The van der Waals surface area contributed by atoms with Crippen molar-refractivity contribution in [2.24, 2.45) is 0 Å². The number of hydrogen-bond acceptors (Lipinski definition) is 0. The van der Waals surface area contributed by atoms with E-state index in [1.54, 1.807) is 4.70 Å². The van der Waals surface area contributed by atoms with E-state index < -0.39 is 0 Å². The molecular weight excluding hydrogens is 795 g/mol. The summed E-state index contributed by atoms with van der Waals surface area (Å²) in [4.78, 5) is 0. The summed E-state index contributed by atoms with van der Waals surface area (Å²) in [6.45, 7) is 25.2. The van der Waals surface area contributed by atoms with Crippen LogP contribution in [0.5, 0.6) is 0 Å². The molecule has 332 valence electrons. The maximum Gasteiger partial charge on any atom is 2.00 e. The Labute approximate surface area is 376 Å². The Morgan fingerprint density at radius 3 is 0.914 bits per heavy atom. The molecule has 1 heterocycles. The number of benzene rings is 2. The summed E-state index contributed by atoms with van der Waals surface area (Å²) in [5.74, 6) is 0. The first-order valence-electron chi connectivity index (χ1n) is 24.6. The maximum atomic E-state index is 12.6. The quantitative estimate of drug-likeness (QED) is 0.0337. The smallest absolute Gasteiger partial charge is 0.493 e. The number of hydrogen-bond donors (Lipinski definition) is 0. The summed E-state index contributed by atoms with van der Waals surface area (Å²) >= 11 is 0. The molecule has 0 fully saturated rings. The summed E-state index contributed by atoms with van der Waals surface area (Å²) in [7, 11) is 0. The SMILES string of the molecule is CCCCCCC1=C(c2cc(CCCC)cc(CCCCCC)c2)[N+](=[N-])C(c2cc(CCCC)cc(CCCCCC)c2)=C1CCCCC.[CH2-]CCC.[CH2-]CCC.[Pd+2]. The van der Waals surface area contributed by atoms with Crippen molar-refractivity contribution < 1.29 is 25.1 Å². The number of aryl methyl sites for hydroxylation is 4. The van der Waals surface area contributed by atoms with E-state index in [0.717, 1.165) is 62.8 Å². The molecule has 1 aliphatic rings. The van der Waals surface area contributed by atoms with Crippen LogP contribution < -0.4 is 0 Å². The minimum absolute atomic E-state index is 0. The molecule has 0 N–H and O–H groups in total. The molecule has 2 aromatic rings. The van der Waals surface area contributed by atoms with Gasteiger partial charge in [-0.05, 0) is 124 Å². The fourth-order valence-electron chi connectivity index (χ4n) is 7.71. The predicted molar refractivity (Wildman–Crippen MR) is 257 cm³/mol. The summed E-state index contributed by atoms with van der Waals surface area (Å²) in [5.41, 5.74) is 25.8. The van der Waals surface area contributed by atoms with Crippen molar-refractivity contribution in [1.82, 2.24) is 0 Å². The fraction of sp³-hybridized carbons (Fsp3) is 0.673. The van der Waals surface area contributed by atoms with Gasteiger partial charge in [-0.3, -0.25) is 0 Å². The molecule has 0 atom stereocenters. The Kier molecular flexibility index (Phi) is 35.8. The Hall–Kier alpha value is -1.82. The van der Waals surface area contributed by atoms with Crippen molar-refractivity contribution >= 4 is 11.4 Å². The summed E-state index contributed by atoms with van der Waals surface area (Å²) in [5, 5.41) is 0. The van der Waals surface area contributed by atoms with Crippen LogP contribution in [0.1, 0.15) is 249 Å². The Morgan fingerprint density at radius 2 is 0.621 bits per heavy atom. The molecule has 0 unspecified atom stereocenters. The molecule has 3 heteroatoms. The Balaban J connectivity index is 0.00000329. The topological polar surface area (TPSA) is 25.3 Å². The van der Waals surface area contributed by atoms with Crippen LogP contribution >= 0.6 is 0 Å². The molecular formula is C55H92N2Pd. The second-order valence-corrected chi connectivity index (χ2v) is 16.8. The third-order valence-corrected chi connectivity index (χ3v) is 11.3. The van der Waals surface area contributed by atoms with Crippen molar-refractivity contribution in [3.05, 3.63) is 100 Å². The zero-order valence-corrected chi connectivity index (χ0v) is 41.1. The summed E-state index contributed by atoms with van der Waals surface area (Å²) in [6.07, 6.45) is 34.8. The molecule has 58 heavy (non-hydrogen) atoms. The van der Waals surface area contributed by atoms with E-state index in [1.165, 1.54) is 179 Å². The number of allylic oxidation sites excluding steroid dienone is 2. The number of unbranched alkanes of at least 4 members (excludes halogenated alkanes) is 15. The minimum atomic E-state index is 0. The second-order valence-electron chi connectivity index (χ2n) is 16.8. The molecule has 0 spiro atoms. The predicted octanol–water partition coefficient (Wildman–Crippen LogP) is 18.6. The van der Waals surface area contributed by atoms with Crippen molar-refractivity contribution in [3.8, 4) is 0 Å². The van der Waals surface area contributed by atoms with E-state index in [2.05, 4.69) is 106 Å². The molecule has 2 nitrogen and oxygen atoms in total. The average molecular weight is 888 g/mol. The van der Waals surface area contributed by atoms with Gasteiger partial charge in [0.1, 0.15) is 0 Å². The van der Waals surface area contributed by atoms with Crippen molar-refractivity contribution in [2.45, 2.75) is 242 Å². The van der Waals surface area contributed by atoms with Crippen molar-refractivity contribution in [2.75, 3.05) is 0 Å². The van der Waals surface area contributed by atoms with E-state index in [9.17, 15) is 5.53 Å². The van der Waals surface area contributed by atoms with Gasteiger partial charge in [-0.15, -0.1) is 0 Å². The second kappa shape index (κ2) is 37.0. The largest absolute Gasteiger partial charge is 2.00 e. The van der Waals surface area contributed by atoms with Crippen LogP contribution in [0.15, 0.2) is 47.5 Å². The minimum Gasteiger partial charge on any atom is -0.493 e. The van der Waals surface area contributed by atoms with Gasteiger partial charge in [0, 0.05) is 22.3 Å². The van der Waals surface area contributed by atoms with Gasteiger partial charge in [0.05, 0.1) is 0 Å². The van der Waals surface area contributed by atoms with E-state index in [0.29, 0.717) is 0 Å². The van der Waals surface area contributed by atoms with Gasteiger partial charge in [-0.1, -0.05) is 164 Å². The van der Waals surface area contributed by atoms with Gasteiger partial charge >= 0.3 is 20.4 Å². The molecule has 0 saturated heterocycles. The molecule has 2 aromatic carbocycles. The van der Waals surface area contributed by atoms with E-state index in [1.807, 2.05) is 0 Å². The first-order valence-corrected chi connectivity index (χ1v) is 24.6. The standard InChI is InChI=1S/C47H74N2.2C4H9.Pd/c1-7-13-19-23-28-40-32-38(26-17-11-5)34-42(36-40)46-44(30-22-16-10-4)45(31-25-21-15-9-3)47(49(46)48)43-35-39(27-18-12-6)33-41(37-43)29-24-20-14-8-2;2*1-3-4-2;/h32-37H,7-31H2,1-6H3;2*1,3-4H2,2H3;/q;2*-1;+2. The zero-order valence-electron chi connectivity index (χ0n) is 39.6. The third-order valence-electron chi connectivity index (χ3n) is 11.3. The van der Waals surface area contributed by atoms with Crippen LogP contribution in [-0.4, -0.2) is 4.70 Å². The van der Waals surface area contributed by atoms with Gasteiger partial charge in [0.15, 0.2) is 0 Å².